The molecule has 0 aliphatic carbocycles. The van der Waals surface area contributed by atoms with E-state index in [9.17, 15) is 0 Å². The largest absolute Gasteiger partial charge is 0.398 e. The van der Waals surface area contributed by atoms with E-state index in [1.54, 1.807) is 0 Å². The second kappa shape index (κ2) is 4.62. The number of rotatable bonds is 2. The van der Waals surface area contributed by atoms with E-state index in [0.717, 1.165) is 10.0 Å². The van der Waals surface area contributed by atoms with Crippen molar-refractivity contribution >= 4 is 36.5 Å². The molecule has 0 aromatic heterocycles. The first-order valence-corrected chi connectivity index (χ1v) is 4.85. The highest BCUT2D eigenvalue weighted by molar-refractivity contribution is 9.18. The quantitative estimate of drug-likeness (QED) is 0.606. The first-order valence-electron chi connectivity index (χ1n) is 3.26. The van der Waals surface area contributed by atoms with Crippen molar-refractivity contribution in [3.8, 4) is 0 Å². The van der Waals surface area contributed by atoms with Crippen LogP contribution >= 0.6 is 31.9 Å². The zero-order valence-corrected chi connectivity index (χ0v) is 9.59. The first-order chi connectivity index (χ1) is 5.74. The van der Waals surface area contributed by atoms with E-state index < -0.39 is 0 Å². The molecule has 1 rings (SSSR count). The Kier molecular flexibility index (Phi) is 3.75. The lowest BCUT2D eigenvalue weighted by atomic mass is 10.2. The SMILES string of the molecule is CO/N=C(\Br)c1ccc(Br)cc1. The Labute approximate surface area is 87.9 Å². The van der Waals surface area contributed by atoms with Gasteiger partial charge in [-0.3, -0.25) is 0 Å². The third-order valence-electron chi connectivity index (χ3n) is 1.25. The maximum atomic E-state index is 4.62. The van der Waals surface area contributed by atoms with E-state index in [2.05, 4.69) is 41.9 Å². The van der Waals surface area contributed by atoms with Crippen LogP contribution in [0.1, 0.15) is 5.56 Å². The number of oxime groups is 1. The summed E-state index contributed by atoms with van der Waals surface area (Å²) in [6, 6.07) is 7.77. The molecule has 0 saturated heterocycles. The molecular formula is C8H7Br2NO. The van der Waals surface area contributed by atoms with Crippen molar-refractivity contribution in [2.24, 2.45) is 5.16 Å². The van der Waals surface area contributed by atoms with E-state index in [1.165, 1.54) is 7.11 Å². The van der Waals surface area contributed by atoms with Gasteiger partial charge < -0.3 is 4.84 Å². The third kappa shape index (κ3) is 2.60. The molecule has 0 N–H and O–H groups in total. The predicted octanol–water partition coefficient (Wildman–Crippen LogP) is 3.15. The van der Waals surface area contributed by atoms with Crippen LogP contribution in [0.2, 0.25) is 0 Å². The second-order valence-corrected chi connectivity index (χ2v) is 3.74. The van der Waals surface area contributed by atoms with Gasteiger partial charge in [-0.2, -0.15) is 0 Å². The molecule has 12 heavy (non-hydrogen) atoms. The summed E-state index contributed by atoms with van der Waals surface area (Å²) in [5.41, 5.74) is 0.986. The molecule has 4 heteroatoms. The average Bonchev–Trinajstić information content (AvgIpc) is 2.06. The number of hydrogen-bond donors (Lipinski definition) is 0. The summed E-state index contributed by atoms with van der Waals surface area (Å²) in [6.07, 6.45) is 0. The summed E-state index contributed by atoms with van der Waals surface area (Å²) < 4.78 is 1.74. The van der Waals surface area contributed by atoms with Crippen LogP contribution in [0.4, 0.5) is 0 Å². The third-order valence-corrected chi connectivity index (χ3v) is 2.39. The van der Waals surface area contributed by atoms with Gasteiger partial charge in [-0.25, -0.2) is 0 Å². The zero-order valence-electron chi connectivity index (χ0n) is 6.42. The van der Waals surface area contributed by atoms with Crippen LogP contribution in [0, 0.1) is 0 Å². The Bertz CT molecular complexity index is 282. The molecule has 1 aromatic carbocycles. The molecule has 0 saturated carbocycles. The molecule has 1 aromatic rings. The van der Waals surface area contributed by atoms with Crippen LogP contribution in [0.25, 0.3) is 0 Å². The normalized spacial score (nSPS) is 11.4. The fourth-order valence-electron chi connectivity index (χ4n) is 0.720. The van der Waals surface area contributed by atoms with Crippen molar-refractivity contribution in [1.29, 1.82) is 0 Å². The van der Waals surface area contributed by atoms with Crippen LogP contribution in [0.5, 0.6) is 0 Å². The highest BCUT2D eigenvalue weighted by Gasteiger charge is 1.98. The van der Waals surface area contributed by atoms with E-state index in [0.29, 0.717) is 4.62 Å². The Morgan fingerprint density at radius 1 is 1.33 bits per heavy atom. The molecule has 0 spiro atoms. The summed E-state index contributed by atoms with van der Waals surface area (Å²) in [5, 5.41) is 3.74. The van der Waals surface area contributed by atoms with Gasteiger partial charge in [0, 0.05) is 10.0 Å². The minimum atomic E-state index is 0.692. The van der Waals surface area contributed by atoms with E-state index in [-0.39, 0.29) is 0 Å². The van der Waals surface area contributed by atoms with Crippen molar-refractivity contribution in [3.63, 3.8) is 0 Å². The second-order valence-electron chi connectivity index (χ2n) is 2.07. The molecule has 0 radical (unpaired) electrons. The molecule has 0 fully saturated rings. The number of hydrogen-bond acceptors (Lipinski definition) is 2. The zero-order chi connectivity index (χ0) is 8.97. The van der Waals surface area contributed by atoms with E-state index in [1.807, 2.05) is 24.3 Å². The summed E-state index contributed by atoms with van der Waals surface area (Å²) in [5.74, 6) is 0. The average molecular weight is 293 g/mol. The Balaban J connectivity index is 2.89. The fourth-order valence-corrected chi connectivity index (χ4v) is 1.39. The standard InChI is InChI=1S/C8H7Br2NO/c1-12-11-8(10)6-2-4-7(9)5-3-6/h2-5H,1H3/b11-8-. The molecule has 0 aliphatic heterocycles. The predicted molar refractivity (Wildman–Crippen MR) is 56.6 cm³/mol. The summed E-state index contributed by atoms with van der Waals surface area (Å²) in [6.45, 7) is 0. The fraction of sp³-hybridized carbons (Fsp3) is 0.125. The maximum Gasteiger partial charge on any atom is 0.152 e. The number of nitrogens with zero attached hydrogens (tertiary/aromatic N) is 1. The lowest BCUT2D eigenvalue weighted by Crippen LogP contribution is -1.89. The summed E-state index contributed by atoms with van der Waals surface area (Å²) in [4.78, 5) is 4.62. The van der Waals surface area contributed by atoms with Gasteiger partial charge in [-0.05, 0) is 28.1 Å². The molecule has 0 heterocycles. The van der Waals surface area contributed by atoms with Crippen molar-refractivity contribution in [2.75, 3.05) is 7.11 Å². The number of benzene rings is 1. The van der Waals surface area contributed by atoms with Crippen molar-refractivity contribution in [2.45, 2.75) is 0 Å². The van der Waals surface area contributed by atoms with Gasteiger partial charge in [-0.1, -0.05) is 33.2 Å². The van der Waals surface area contributed by atoms with Gasteiger partial charge in [-0.15, -0.1) is 0 Å². The molecule has 64 valence electrons. The van der Waals surface area contributed by atoms with Crippen LogP contribution < -0.4 is 0 Å². The van der Waals surface area contributed by atoms with Gasteiger partial charge in [0.25, 0.3) is 0 Å². The first kappa shape index (κ1) is 9.74. The van der Waals surface area contributed by atoms with Gasteiger partial charge in [0.2, 0.25) is 0 Å². The Hall–Kier alpha value is -0.350. The molecule has 0 bridgehead atoms. The molecule has 0 atom stereocenters. The summed E-state index contributed by atoms with van der Waals surface area (Å²) in [7, 11) is 1.51. The van der Waals surface area contributed by atoms with Crippen LogP contribution in [0.3, 0.4) is 0 Å². The van der Waals surface area contributed by atoms with Crippen LogP contribution in [-0.4, -0.2) is 11.7 Å². The Morgan fingerprint density at radius 3 is 2.42 bits per heavy atom. The molecule has 0 amide bonds. The van der Waals surface area contributed by atoms with Gasteiger partial charge in [0.1, 0.15) is 7.11 Å². The summed E-state index contributed by atoms with van der Waals surface area (Å²) >= 11 is 6.63. The monoisotopic (exact) mass is 291 g/mol. The van der Waals surface area contributed by atoms with Crippen LogP contribution in [-0.2, 0) is 4.84 Å². The highest BCUT2D eigenvalue weighted by Crippen LogP contribution is 2.13. The minimum absolute atomic E-state index is 0.692. The molecule has 0 aliphatic rings. The van der Waals surface area contributed by atoms with Gasteiger partial charge in [0.05, 0.1) is 0 Å². The van der Waals surface area contributed by atoms with E-state index >= 15 is 0 Å². The minimum Gasteiger partial charge on any atom is -0.398 e. The molecule has 0 unspecified atom stereocenters. The van der Waals surface area contributed by atoms with Gasteiger partial charge in [0.15, 0.2) is 4.62 Å². The smallest absolute Gasteiger partial charge is 0.152 e. The Morgan fingerprint density at radius 2 is 1.92 bits per heavy atom. The highest BCUT2D eigenvalue weighted by atomic mass is 79.9. The lowest BCUT2D eigenvalue weighted by molar-refractivity contribution is 0.215. The molecule has 2 nitrogen and oxygen atoms in total. The molecular weight excluding hydrogens is 286 g/mol. The van der Waals surface area contributed by atoms with E-state index in [4.69, 9.17) is 0 Å². The van der Waals surface area contributed by atoms with Gasteiger partial charge >= 0.3 is 0 Å². The van der Waals surface area contributed by atoms with Crippen LogP contribution in [0.15, 0.2) is 33.9 Å². The topological polar surface area (TPSA) is 21.6 Å². The van der Waals surface area contributed by atoms with Crippen molar-refractivity contribution in [1.82, 2.24) is 0 Å². The lowest BCUT2D eigenvalue weighted by Gasteiger charge is -1.97. The maximum absolute atomic E-state index is 4.62. The van der Waals surface area contributed by atoms with Crippen molar-refractivity contribution in [3.05, 3.63) is 34.3 Å². The van der Waals surface area contributed by atoms with Crippen molar-refractivity contribution < 1.29 is 4.84 Å². The number of halogens is 2.